The topological polar surface area (TPSA) is 64.9 Å². The molecular weight excluding hydrogens is 286 g/mol. The van der Waals surface area contributed by atoms with Gasteiger partial charge in [-0.3, -0.25) is 4.79 Å². The number of nitrogens with one attached hydrogen (secondary N) is 2. The second kappa shape index (κ2) is 6.78. The molecule has 0 spiro atoms. The number of nitrogens with zero attached hydrogens (tertiary/aromatic N) is 1. The predicted molar refractivity (Wildman–Crippen MR) is 84.3 cm³/mol. The largest absolute Gasteiger partial charge is 0.374 e. The lowest BCUT2D eigenvalue weighted by atomic mass is 10.2. The summed E-state index contributed by atoms with van der Waals surface area (Å²) in [6.07, 6.45) is 0. The first-order valence-corrected chi connectivity index (χ1v) is 6.79. The number of halogens is 1. The summed E-state index contributed by atoms with van der Waals surface area (Å²) in [6, 6.07) is 15.5. The molecule has 0 aliphatic rings. The van der Waals surface area contributed by atoms with Gasteiger partial charge in [-0.15, -0.1) is 0 Å². The van der Waals surface area contributed by atoms with E-state index in [1.54, 1.807) is 43.3 Å². The van der Waals surface area contributed by atoms with Crippen LogP contribution in [0.25, 0.3) is 0 Å². The Morgan fingerprint density at radius 3 is 2.57 bits per heavy atom. The van der Waals surface area contributed by atoms with Gasteiger partial charge in [-0.25, -0.2) is 0 Å². The van der Waals surface area contributed by atoms with E-state index in [2.05, 4.69) is 10.6 Å². The molecule has 0 bridgehead atoms. The van der Waals surface area contributed by atoms with Crippen molar-refractivity contribution >= 4 is 28.9 Å². The van der Waals surface area contributed by atoms with Crippen molar-refractivity contribution in [3.63, 3.8) is 0 Å². The maximum atomic E-state index is 12.1. The summed E-state index contributed by atoms with van der Waals surface area (Å²) < 4.78 is 0. The SMILES string of the molecule is C[C@H](Nc1ccc(Cl)cc1)C(=O)Nc1cccc(C#N)c1. The molecule has 0 saturated carbocycles. The highest BCUT2D eigenvalue weighted by Gasteiger charge is 2.12. The van der Waals surface area contributed by atoms with Gasteiger partial charge >= 0.3 is 0 Å². The summed E-state index contributed by atoms with van der Waals surface area (Å²) in [5, 5.41) is 15.3. The van der Waals surface area contributed by atoms with Gasteiger partial charge in [0.15, 0.2) is 0 Å². The first-order valence-electron chi connectivity index (χ1n) is 6.41. The Morgan fingerprint density at radius 2 is 1.90 bits per heavy atom. The Labute approximate surface area is 128 Å². The number of carbonyl (C=O) groups is 1. The van der Waals surface area contributed by atoms with Crippen LogP contribution in [-0.2, 0) is 4.79 Å². The Hall–Kier alpha value is -2.51. The van der Waals surface area contributed by atoms with Crippen LogP contribution in [0.4, 0.5) is 11.4 Å². The van der Waals surface area contributed by atoms with Gasteiger partial charge in [-0.05, 0) is 49.4 Å². The highest BCUT2D eigenvalue weighted by molar-refractivity contribution is 6.30. The zero-order valence-corrected chi connectivity index (χ0v) is 12.2. The lowest BCUT2D eigenvalue weighted by Crippen LogP contribution is -2.31. The maximum Gasteiger partial charge on any atom is 0.246 e. The Kier molecular flexibility index (Phi) is 4.81. The number of nitriles is 1. The summed E-state index contributed by atoms with van der Waals surface area (Å²) >= 11 is 5.81. The fraction of sp³-hybridized carbons (Fsp3) is 0.125. The minimum absolute atomic E-state index is 0.181. The molecule has 5 heteroatoms. The molecule has 0 aromatic heterocycles. The lowest BCUT2D eigenvalue weighted by molar-refractivity contribution is -0.116. The summed E-state index contributed by atoms with van der Waals surface area (Å²) in [6.45, 7) is 1.76. The second-order valence-corrected chi connectivity index (χ2v) is 4.99. The van der Waals surface area contributed by atoms with Crippen molar-refractivity contribution < 1.29 is 4.79 Å². The average Bonchev–Trinajstić information content (AvgIpc) is 2.49. The molecule has 0 fully saturated rings. The summed E-state index contributed by atoms with van der Waals surface area (Å²) in [4.78, 5) is 12.1. The maximum absolute atomic E-state index is 12.1. The molecule has 2 aromatic rings. The number of hydrogen-bond acceptors (Lipinski definition) is 3. The fourth-order valence-corrected chi connectivity index (χ4v) is 1.90. The van der Waals surface area contributed by atoms with E-state index in [4.69, 9.17) is 16.9 Å². The number of amides is 1. The van der Waals surface area contributed by atoms with Crippen LogP contribution in [0.2, 0.25) is 5.02 Å². The van der Waals surface area contributed by atoms with E-state index in [0.29, 0.717) is 16.3 Å². The predicted octanol–water partition coefficient (Wildman–Crippen LogP) is 3.65. The first kappa shape index (κ1) is 14.9. The van der Waals surface area contributed by atoms with Crippen molar-refractivity contribution in [2.24, 2.45) is 0 Å². The third kappa shape index (κ3) is 4.23. The zero-order valence-electron chi connectivity index (χ0n) is 11.4. The Bertz CT molecular complexity index is 677. The minimum atomic E-state index is -0.420. The Morgan fingerprint density at radius 1 is 1.19 bits per heavy atom. The number of hydrogen-bond donors (Lipinski definition) is 2. The van der Waals surface area contributed by atoms with Crippen molar-refractivity contribution in [3.8, 4) is 6.07 Å². The van der Waals surface area contributed by atoms with Gasteiger partial charge in [0.25, 0.3) is 0 Å². The van der Waals surface area contributed by atoms with E-state index in [1.165, 1.54) is 0 Å². The normalized spacial score (nSPS) is 11.3. The molecule has 0 aliphatic carbocycles. The highest BCUT2D eigenvalue weighted by atomic mass is 35.5. The zero-order chi connectivity index (χ0) is 15.2. The summed E-state index contributed by atoms with van der Waals surface area (Å²) in [5.74, 6) is -0.181. The quantitative estimate of drug-likeness (QED) is 0.905. The number of anilines is 2. The number of rotatable bonds is 4. The van der Waals surface area contributed by atoms with Gasteiger partial charge in [-0.1, -0.05) is 17.7 Å². The smallest absolute Gasteiger partial charge is 0.246 e. The summed E-state index contributed by atoms with van der Waals surface area (Å²) in [7, 11) is 0. The number of carbonyl (C=O) groups excluding carboxylic acids is 1. The van der Waals surface area contributed by atoms with Gasteiger partial charge in [0.2, 0.25) is 5.91 Å². The van der Waals surface area contributed by atoms with Crippen LogP contribution >= 0.6 is 11.6 Å². The van der Waals surface area contributed by atoms with Crippen LogP contribution in [0.1, 0.15) is 12.5 Å². The molecular formula is C16H14ClN3O. The third-order valence-electron chi connectivity index (χ3n) is 2.88. The molecule has 0 radical (unpaired) electrons. The molecule has 21 heavy (non-hydrogen) atoms. The molecule has 2 rings (SSSR count). The van der Waals surface area contributed by atoms with Crippen LogP contribution in [0.5, 0.6) is 0 Å². The van der Waals surface area contributed by atoms with Gasteiger partial charge in [0.05, 0.1) is 11.6 Å². The second-order valence-electron chi connectivity index (χ2n) is 4.55. The average molecular weight is 300 g/mol. The van der Waals surface area contributed by atoms with Gasteiger partial charge in [-0.2, -0.15) is 5.26 Å². The molecule has 0 unspecified atom stereocenters. The monoisotopic (exact) mass is 299 g/mol. The van der Waals surface area contributed by atoms with Gasteiger partial charge in [0.1, 0.15) is 6.04 Å². The van der Waals surface area contributed by atoms with Crippen LogP contribution < -0.4 is 10.6 Å². The molecule has 2 aromatic carbocycles. The molecule has 0 saturated heterocycles. The standard InChI is InChI=1S/C16H14ClN3O/c1-11(19-14-7-5-13(17)6-8-14)16(21)20-15-4-2-3-12(9-15)10-18/h2-9,11,19H,1H3,(H,20,21)/t11-/m0/s1. The van der Waals surface area contributed by atoms with E-state index in [0.717, 1.165) is 5.69 Å². The van der Waals surface area contributed by atoms with Crippen molar-refractivity contribution in [1.82, 2.24) is 0 Å². The fourth-order valence-electron chi connectivity index (χ4n) is 1.78. The van der Waals surface area contributed by atoms with Gasteiger partial charge < -0.3 is 10.6 Å². The Balaban J connectivity index is 1.99. The molecule has 2 N–H and O–H groups in total. The molecule has 1 amide bonds. The van der Waals surface area contributed by atoms with E-state index in [9.17, 15) is 4.79 Å². The van der Waals surface area contributed by atoms with E-state index >= 15 is 0 Å². The lowest BCUT2D eigenvalue weighted by Gasteiger charge is -2.15. The van der Waals surface area contributed by atoms with Crippen molar-refractivity contribution in [3.05, 3.63) is 59.1 Å². The van der Waals surface area contributed by atoms with Crippen LogP contribution in [0, 0.1) is 11.3 Å². The molecule has 106 valence electrons. The minimum Gasteiger partial charge on any atom is -0.374 e. The van der Waals surface area contributed by atoms with E-state index in [-0.39, 0.29) is 5.91 Å². The van der Waals surface area contributed by atoms with E-state index < -0.39 is 6.04 Å². The molecule has 0 heterocycles. The first-order chi connectivity index (χ1) is 10.1. The number of benzene rings is 2. The molecule has 0 aliphatic heterocycles. The third-order valence-corrected chi connectivity index (χ3v) is 3.13. The van der Waals surface area contributed by atoms with Crippen molar-refractivity contribution in [2.75, 3.05) is 10.6 Å². The summed E-state index contributed by atoms with van der Waals surface area (Å²) in [5.41, 5.74) is 1.92. The van der Waals surface area contributed by atoms with Crippen molar-refractivity contribution in [1.29, 1.82) is 5.26 Å². The molecule has 4 nitrogen and oxygen atoms in total. The van der Waals surface area contributed by atoms with Gasteiger partial charge in [0, 0.05) is 16.4 Å². The van der Waals surface area contributed by atoms with Crippen molar-refractivity contribution in [2.45, 2.75) is 13.0 Å². The highest BCUT2D eigenvalue weighted by Crippen LogP contribution is 2.15. The van der Waals surface area contributed by atoms with Crippen LogP contribution in [-0.4, -0.2) is 11.9 Å². The van der Waals surface area contributed by atoms with Crippen LogP contribution in [0.15, 0.2) is 48.5 Å². The van der Waals surface area contributed by atoms with E-state index in [1.807, 2.05) is 18.2 Å². The molecule has 1 atom stereocenters. The van der Waals surface area contributed by atoms with Crippen LogP contribution in [0.3, 0.4) is 0 Å².